The maximum atomic E-state index is 14.0. The number of nitrogens with zero attached hydrogens (tertiary/aromatic N) is 2. The molecule has 0 aliphatic carbocycles. The molecule has 2 aromatic carbocycles. The molecule has 2 N–H and O–H groups in total. The highest BCUT2D eigenvalue weighted by molar-refractivity contribution is 6.51. The number of ether oxygens (including phenoxy) is 1. The predicted molar refractivity (Wildman–Crippen MR) is 117 cm³/mol. The molecule has 9 heteroatoms. The molecule has 3 heterocycles. The van der Waals surface area contributed by atoms with Gasteiger partial charge in [-0.05, 0) is 55.0 Å². The van der Waals surface area contributed by atoms with Crippen molar-refractivity contribution < 1.29 is 28.2 Å². The number of carbonyl (C=O) groups excluding carboxylic acids is 2. The van der Waals surface area contributed by atoms with E-state index in [1.165, 1.54) is 19.4 Å². The van der Waals surface area contributed by atoms with E-state index in [2.05, 4.69) is 9.97 Å². The second kappa shape index (κ2) is 7.63. The minimum Gasteiger partial charge on any atom is -0.507 e. The van der Waals surface area contributed by atoms with Crippen LogP contribution in [0.5, 0.6) is 5.75 Å². The molecule has 1 aliphatic heterocycles. The molecule has 1 atom stereocenters. The molecule has 1 fully saturated rings. The van der Waals surface area contributed by atoms with Gasteiger partial charge in [0.1, 0.15) is 29.1 Å². The van der Waals surface area contributed by atoms with Gasteiger partial charge in [-0.25, -0.2) is 9.37 Å². The van der Waals surface area contributed by atoms with E-state index < -0.39 is 29.3 Å². The largest absolute Gasteiger partial charge is 0.507 e. The van der Waals surface area contributed by atoms with Crippen molar-refractivity contribution in [2.24, 2.45) is 0 Å². The van der Waals surface area contributed by atoms with Crippen LogP contribution in [0.1, 0.15) is 22.9 Å². The summed E-state index contributed by atoms with van der Waals surface area (Å²) in [7, 11) is 1.35. The zero-order chi connectivity index (χ0) is 23.3. The number of aliphatic hydroxyl groups is 1. The fraction of sp³-hybridized carbons (Fsp3) is 0.125. The number of ketones is 1. The average molecular weight is 447 g/mol. The maximum Gasteiger partial charge on any atom is 0.302 e. The van der Waals surface area contributed by atoms with E-state index in [0.717, 1.165) is 22.6 Å². The molecule has 4 aromatic rings. The van der Waals surface area contributed by atoms with Gasteiger partial charge in [0.05, 0.1) is 35.5 Å². The summed E-state index contributed by atoms with van der Waals surface area (Å²) >= 11 is 0. The van der Waals surface area contributed by atoms with Crippen molar-refractivity contribution in [1.29, 1.82) is 0 Å². The van der Waals surface area contributed by atoms with Gasteiger partial charge < -0.3 is 19.2 Å². The molecule has 1 aliphatic rings. The predicted octanol–water partition coefficient (Wildman–Crippen LogP) is 4.24. The minimum atomic E-state index is -1.13. The number of fused-ring (bicyclic) bond motifs is 1. The van der Waals surface area contributed by atoms with Gasteiger partial charge in [-0.15, -0.1) is 0 Å². The molecule has 0 saturated carbocycles. The van der Waals surface area contributed by atoms with Crippen molar-refractivity contribution in [3.63, 3.8) is 0 Å². The molecule has 166 valence electrons. The van der Waals surface area contributed by atoms with Crippen LogP contribution >= 0.6 is 0 Å². The van der Waals surface area contributed by atoms with Gasteiger partial charge in [-0.3, -0.25) is 14.5 Å². The number of H-pyrrole nitrogens is 1. The van der Waals surface area contributed by atoms with E-state index >= 15 is 0 Å². The summed E-state index contributed by atoms with van der Waals surface area (Å²) in [5, 5.41) is 11.1. The van der Waals surface area contributed by atoms with Gasteiger partial charge in [-0.1, -0.05) is 6.07 Å². The Morgan fingerprint density at radius 3 is 2.76 bits per heavy atom. The highest BCUT2D eigenvalue weighted by atomic mass is 19.1. The number of aromatic nitrogens is 2. The number of amides is 1. The van der Waals surface area contributed by atoms with Crippen molar-refractivity contribution in [1.82, 2.24) is 9.97 Å². The van der Waals surface area contributed by atoms with Gasteiger partial charge in [0, 0.05) is 0 Å². The smallest absolute Gasteiger partial charge is 0.302 e. The van der Waals surface area contributed by atoms with Crippen LogP contribution in [-0.2, 0) is 9.59 Å². The number of halogens is 1. The Balaban J connectivity index is 1.74. The fourth-order valence-electron chi connectivity index (χ4n) is 4.00. The fourth-order valence-corrected chi connectivity index (χ4v) is 4.00. The first-order chi connectivity index (χ1) is 15.9. The third kappa shape index (κ3) is 3.25. The lowest BCUT2D eigenvalue weighted by Gasteiger charge is -2.20. The topological polar surface area (TPSA) is 109 Å². The Morgan fingerprint density at radius 2 is 2.03 bits per heavy atom. The molecule has 2 aromatic heterocycles. The first-order valence-corrected chi connectivity index (χ1v) is 10.0. The number of benzene rings is 2. The van der Waals surface area contributed by atoms with Gasteiger partial charge >= 0.3 is 5.91 Å². The number of hydrogen-bond donors (Lipinski definition) is 2. The normalized spacial score (nSPS) is 17.8. The van der Waals surface area contributed by atoms with Gasteiger partial charge in [-0.2, -0.15) is 0 Å². The Bertz CT molecular complexity index is 1440. The summed E-state index contributed by atoms with van der Waals surface area (Å²) in [5.74, 6) is -2.63. The summed E-state index contributed by atoms with van der Waals surface area (Å²) in [6.45, 7) is 1.92. The second-order valence-electron chi connectivity index (χ2n) is 7.61. The standard InChI is InChI=1S/C24H18FN3O5/c1-12-5-7-15-16(10-12)27-24(26-15)28-20(18-4-3-9-33-18)19(22(30)23(28)31)21(29)14-11-13(25)6-8-17(14)32-2/h3-11,20,29H,1-2H3,(H,26,27)/b21-19+. The third-order valence-corrected chi connectivity index (χ3v) is 5.53. The first kappa shape index (κ1) is 20.5. The molecule has 0 spiro atoms. The molecule has 5 rings (SSSR count). The molecule has 0 radical (unpaired) electrons. The molecule has 33 heavy (non-hydrogen) atoms. The SMILES string of the molecule is COc1ccc(F)cc1/C(O)=C1\C(=O)C(=O)N(c2nc3ccc(C)cc3[nH]2)C1c1ccco1. The number of carbonyl (C=O) groups is 2. The van der Waals surface area contributed by atoms with Gasteiger partial charge in [0.2, 0.25) is 5.95 Å². The number of hydrogen-bond acceptors (Lipinski definition) is 6. The summed E-state index contributed by atoms with van der Waals surface area (Å²) in [4.78, 5) is 34.9. The lowest BCUT2D eigenvalue weighted by molar-refractivity contribution is -0.132. The molecule has 1 saturated heterocycles. The van der Waals surface area contributed by atoms with E-state index in [1.54, 1.807) is 18.2 Å². The van der Waals surface area contributed by atoms with Crippen LogP contribution in [0.15, 0.2) is 64.8 Å². The van der Waals surface area contributed by atoms with Crippen molar-refractivity contribution in [3.8, 4) is 5.75 Å². The zero-order valence-electron chi connectivity index (χ0n) is 17.6. The van der Waals surface area contributed by atoms with Gasteiger partial charge in [0.15, 0.2) is 0 Å². The number of imidazole rings is 1. The number of aliphatic hydroxyl groups excluding tert-OH is 1. The second-order valence-corrected chi connectivity index (χ2v) is 7.61. The number of nitrogens with one attached hydrogen (secondary N) is 1. The molecule has 1 amide bonds. The number of furan rings is 1. The van der Waals surface area contributed by atoms with E-state index in [1.807, 2.05) is 19.1 Å². The Morgan fingerprint density at radius 1 is 1.21 bits per heavy atom. The monoisotopic (exact) mass is 447 g/mol. The van der Waals surface area contributed by atoms with Crippen LogP contribution in [0.25, 0.3) is 16.8 Å². The van der Waals surface area contributed by atoms with E-state index in [-0.39, 0.29) is 28.6 Å². The average Bonchev–Trinajstić information content (AvgIpc) is 3.52. The van der Waals surface area contributed by atoms with Crippen molar-refractivity contribution in [2.45, 2.75) is 13.0 Å². The maximum absolute atomic E-state index is 14.0. The highest BCUT2D eigenvalue weighted by Crippen LogP contribution is 2.43. The number of Topliss-reactive ketones (excluding diaryl/α,β-unsaturated/α-hetero) is 1. The Labute approximate surface area is 186 Å². The summed E-state index contributed by atoms with van der Waals surface area (Å²) in [5.41, 5.74) is 1.93. The Kier molecular flexibility index (Phi) is 4.74. The lowest BCUT2D eigenvalue weighted by atomic mass is 9.99. The van der Waals surface area contributed by atoms with E-state index in [4.69, 9.17) is 9.15 Å². The number of anilines is 1. The number of aromatic amines is 1. The number of methoxy groups -OCH3 is 1. The lowest BCUT2D eigenvalue weighted by Crippen LogP contribution is -2.30. The third-order valence-electron chi connectivity index (χ3n) is 5.53. The van der Waals surface area contributed by atoms with Crippen LogP contribution in [0.4, 0.5) is 10.3 Å². The molecule has 8 nitrogen and oxygen atoms in total. The zero-order valence-corrected chi connectivity index (χ0v) is 17.6. The van der Waals surface area contributed by atoms with E-state index in [0.29, 0.717) is 11.0 Å². The van der Waals surface area contributed by atoms with Crippen molar-refractivity contribution in [3.05, 3.63) is 83.1 Å². The quantitative estimate of drug-likeness (QED) is 0.275. The summed E-state index contributed by atoms with van der Waals surface area (Å²) in [6, 6.07) is 11.1. The molecular formula is C24H18FN3O5. The van der Waals surface area contributed by atoms with Crippen molar-refractivity contribution >= 4 is 34.4 Å². The minimum absolute atomic E-state index is 0.0627. The summed E-state index contributed by atoms with van der Waals surface area (Å²) in [6.07, 6.45) is 1.39. The summed E-state index contributed by atoms with van der Waals surface area (Å²) < 4.78 is 24.7. The van der Waals surface area contributed by atoms with Crippen LogP contribution in [0.3, 0.4) is 0 Å². The number of rotatable bonds is 4. The van der Waals surface area contributed by atoms with Crippen molar-refractivity contribution in [2.75, 3.05) is 12.0 Å². The van der Waals surface area contributed by atoms with Gasteiger partial charge in [0.25, 0.3) is 5.78 Å². The molecule has 1 unspecified atom stereocenters. The Hall–Kier alpha value is -4.40. The molecular weight excluding hydrogens is 429 g/mol. The highest BCUT2D eigenvalue weighted by Gasteiger charge is 2.49. The molecule has 0 bridgehead atoms. The van der Waals surface area contributed by atoms with Crippen LogP contribution in [-0.4, -0.2) is 33.9 Å². The first-order valence-electron chi connectivity index (χ1n) is 10.0. The van der Waals surface area contributed by atoms with Crippen LogP contribution < -0.4 is 9.64 Å². The number of aryl methyl sites for hydroxylation is 1. The van der Waals surface area contributed by atoms with Crippen LogP contribution in [0, 0.1) is 12.7 Å². The van der Waals surface area contributed by atoms with Crippen LogP contribution in [0.2, 0.25) is 0 Å². The van der Waals surface area contributed by atoms with E-state index in [9.17, 15) is 19.1 Å².